The molecule has 2 aliphatic heterocycles. The molecule has 0 unspecified atom stereocenters. The second-order valence-corrected chi connectivity index (χ2v) is 14.0. The van der Waals surface area contributed by atoms with Gasteiger partial charge in [-0.3, -0.25) is 33.6 Å². The summed E-state index contributed by atoms with van der Waals surface area (Å²) < 4.78 is 0. The quantitative estimate of drug-likeness (QED) is 0.0891. The first-order valence-corrected chi connectivity index (χ1v) is 18.4. The number of aliphatic hydroxyl groups excluding tert-OH is 2. The molecular weight excluding hydrogens is 714 g/mol. The summed E-state index contributed by atoms with van der Waals surface area (Å²) in [6.45, 7) is 2.14. The van der Waals surface area contributed by atoms with Crippen molar-refractivity contribution in [3.8, 4) is 0 Å². The highest BCUT2D eigenvalue weighted by Gasteiger charge is 2.43. The summed E-state index contributed by atoms with van der Waals surface area (Å²) in [6, 6.07) is 9.31. The zero-order chi connectivity index (χ0) is 40.2. The summed E-state index contributed by atoms with van der Waals surface area (Å²) >= 11 is 0. The number of nitrogens with one attached hydrogen (secondary N) is 4. The number of aliphatic hydroxyl groups is 2. The Morgan fingerprint density at radius 3 is 1.84 bits per heavy atom. The van der Waals surface area contributed by atoms with E-state index in [-0.39, 0.29) is 25.3 Å². The minimum atomic E-state index is -1.59. The number of carbonyl (C=O) groups excluding carboxylic acids is 6. The van der Waals surface area contributed by atoms with E-state index in [1.165, 1.54) is 23.6 Å². The van der Waals surface area contributed by atoms with E-state index in [4.69, 9.17) is 5.73 Å². The summed E-state index contributed by atoms with van der Waals surface area (Å²) in [5, 5.41) is 39.2. The van der Waals surface area contributed by atoms with E-state index < -0.39 is 90.5 Å². The van der Waals surface area contributed by atoms with Crippen LogP contribution in [-0.4, -0.2) is 135 Å². The van der Waals surface area contributed by atoms with Crippen LogP contribution in [0.3, 0.4) is 0 Å². The maximum Gasteiger partial charge on any atom is 0.325 e. The molecule has 2 heterocycles. The molecule has 2 saturated heterocycles. The number of benzene rings is 2. The van der Waals surface area contributed by atoms with Gasteiger partial charge >= 0.3 is 5.97 Å². The predicted molar refractivity (Wildman–Crippen MR) is 198 cm³/mol. The number of hydrogen-bond donors (Lipinski definition) is 8. The Labute approximate surface area is 319 Å². The number of hydrogen-bond acceptors (Lipinski definition) is 10. The van der Waals surface area contributed by atoms with E-state index in [1.54, 1.807) is 30.3 Å². The van der Waals surface area contributed by atoms with Crippen LogP contribution in [0, 0.1) is 0 Å². The van der Waals surface area contributed by atoms with E-state index in [0.717, 1.165) is 5.56 Å². The molecule has 8 atom stereocenters. The number of carbonyl (C=O) groups is 7. The van der Waals surface area contributed by atoms with Gasteiger partial charge in [0.15, 0.2) is 0 Å². The number of aliphatic carboxylic acids is 1. The van der Waals surface area contributed by atoms with Crippen molar-refractivity contribution in [2.45, 2.75) is 101 Å². The summed E-state index contributed by atoms with van der Waals surface area (Å²) in [4.78, 5) is 94.9. The van der Waals surface area contributed by atoms with Crippen LogP contribution < -0.4 is 27.0 Å². The van der Waals surface area contributed by atoms with E-state index in [0.29, 0.717) is 37.8 Å². The standard InChI is InChI=1S/C38H51N7O10/c1-22(38(54)55)40-35(51)31(23(2)47)43-32(48)27(20-25-13-7-4-8-14-25)41-33(49)28(21-46)42-34(50)29-15-9-17-44(29)37(53)30-16-10-18-45(30)36(52)26(39)19-24-11-5-3-6-12-24/h3-8,11-14,22-23,26-31,46-47H,9-10,15-21,39H2,1-2H3,(H,40,51)(H,41,49)(H,42,50)(H,43,48)(H,54,55)/t22-,23+,26-,27-,28-,29-,30-,31-/m0/s1. The van der Waals surface area contributed by atoms with Crippen molar-refractivity contribution >= 4 is 41.4 Å². The molecule has 0 bridgehead atoms. The summed E-state index contributed by atoms with van der Waals surface area (Å²) in [7, 11) is 0. The maximum absolute atomic E-state index is 13.9. The van der Waals surface area contributed by atoms with E-state index in [2.05, 4.69) is 21.3 Å². The molecule has 6 amide bonds. The fourth-order valence-electron chi connectivity index (χ4n) is 6.77. The molecule has 17 nitrogen and oxygen atoms in total. The zero-order valence-corrected chi connectivity index (χ0v) is 30.9. The zero-order valence-electron chi connectivity index (χ0n) is 30.9. The van der Waals surface area contributed by atoms with Gasteiger partial charge in [0, 0.05) is 19.5 Å². The van der Waals surface area contributed by atoms with Gasteiger partial charge in [0.05, 0.1) is 18.8 Å². The smallest absolute Gasteiger partial charge is 0.325 e. The second-order valence-electron chi connectivity index (χ2n) is 14.0. The molecule has 0 aromatic heterocycles. The lowest BCUT2D eigenvalue weighted by Gasteiger charge is -2.32. The van der Waals surface area contributed by atoms with Gasteiger partial charge in [-0.2, -0.15) is 0 Å². The monoisotopic (exact) mass is 765 g/mol. The van der Waals surface area contributed by atoms with Crippen molar-refractivity contribution in [3.05, 3.63) is 71.8 Å². The highest BCUT2D eigenvalue weighted by Crippen LogP contribution is 2.26. The van der Waals surface area contributed by atoms with Crippen LogP contribution in [0.25, 0.3) is 0 Å². The third kappa shape index (κ3) is 11.3. The predicted octanol–water partition coefficient (Wildman–Crippen LogP) is -1.80. The average Bonchev–Trinajstić information content (AvgIpc) is 3.86. The molecule has 0 radical (unpaired) electrons. The highest BCUT2D eigenvalue weighted by atomic mass is 16.4. The topological polar surface area (TPSA) is 261 Å². The first-order valence-electron chi connectivity index (χ1n) is 18.4. The van der Waals surface area contributed by atoms with Gasteiger partial charge in [-0.15, -0.1) is 0 Å². The molecule has 2 aromatic carbocycles. The molecule has 0 aliphatic carbocycles. The van der Waals surface area contributed by atoms with Gasteiger partial charge in [-0.05, 0) is 57.1 Å². The molecule has 2 fully saturated rings. The van der Waals surface area contributed by atoms with Crippen LogP contribution in [0.15, 0.2) is 60.7 Å². The number of nitrogens with zero attached hydrogens (tertiary/aromatic N) is 2. The van der Waals surface area contributed by atoms with Crippen LogP contribution >= 0.6 is 0 Å². The van der Waals surface area contributed by atoms with Gasteiger partial charge < -0.3 is 52.1 Å². The lowest BCUT2D eigenvalue weighted by Crippen LogP contribution is -2.61. The highest BCUT2D eigenvalue weighted by molar-refractivity contribution is 5.97. The Kier molecular flexibility index (Phi) is 15.2. The Morgan fingerprint density at radius 2 is 1.27 bits per heavy atom. The van der Waals surface area contributed by atoms with Crippen LogP contribution in [0.4, 0.5) is 0 Å². The van der Waals surface area contributed by atoms with Gasteiger partial charge in [-0.1, -0.05) is 60.7 Å². The van der Waals surface area contributed by atoms with Crippen LogP contribution in [0.2, 0.25) is 0 Å². The summed E-state index contributed by atoms with van der Waals surface area (Å²) in [6.07, 6.45) is 0.480. The number of amides is 6. The molecule has 2 aliphatic rings. The van der Waals surface area contributed by atoms with Gasteiger partial charge in [-0.25, -0.2) is 0 Å². The number of nitrogens with two attached hydrogens (primary N) is 1. The molecule has 0 spiro atoms. The van der Waals surface area contributed by atoms with Crippen LogP contribution in [-0.2, 0) is 46.4 Å². The van der Waals surface area contributed by atoms with Gasteiger partial charge in [0.25, 0.3) is 0 Å². The first-order chi connectivity index (χ1) is 26.2. The number of carboxylic acid groups (broad SMARTS) is 1. The molecular formula is C38H51N7O10. The van der Waals surface area contributed by atoms with Crippen molar-refractivity contribution in [2.24, 2.45) is 5.73 Å². The lowest BCUT2D eigenvalue weighted by molar-refractivity contribution is -0.147. The Morgan fingerprint density at radius 1 is 0.727 bits per heavy atom. The number of rotatable bonds is 17. The minimum absolute atomic E-state index is 0.0965. The second kappa shape index (κ2) is 19.8. The summed E-state index contributed by atoms with van der Waals surface area (Å²) in [5.74, 6) is -5.64. The van der Waals surface area contributed by atoms with E-state index >= 15 is 0 Å². The molecule has 0 saturated carbocycles. The Hall–Kier alpha value is -5.39. The molecule has 2 aromatic rings. The molecule has 55 heavy (non-hydrogen) atoms. The van der Waals surface area contributed by atoms with Crippen molar-refractivity contribution < 1.29 is 48.9 Å². The molecule has 9 N–H and O–H groups in total. The number of carboxylic acids is 1. The van der Waals surface area contributed by atoms with Crippen molar-refractivity contribution in [2.75, 3.05) is 19.7 Å². The third-order valence-electron chi connectivity index (χ3n) is 9.80. The van der Waals surface area contributed by atoms with Gasteiger partial charge in [0.1, 0.15) is 36.3 Å². The minimum Gasteiger partial charge on any atom is -0.480 e. The van der Waals surface area contributed by atoms with Crippen LogP contribution in [0.5, 0.6) is 0 Å². The van der Waals surface area contributed by atoms with Crippen molar-refractivity contribution in [1.29, 1.82) is 0 Å². The fourth-order valence-corrected chi connectivity index (χ4v) is 6.77. The largest absolute Gasteiger partial charge is 0.480 e. The maximum atomic E-state index is 13.9. The SMILES string of the molecule is C[C@H](NC(=O)[C@@H](NC(=O)[C@H](Cc1ccccc1)NC(=O)[C@H](CO)NC(=O)[C@@H]1CCCN1C(=O)[C@@H]1CCCN1C(=O)[C@@H](N)Cc1ccccc1)[C@@H](C)O)C(=O)O. The van der Waals surface area contributed by atoms with Gasteiger partial charge in [0.2, 0.25) is 35.4 Å². The van der Waals surface area contributed by atoms with Crippen molar-refractivity contribution in [3.63, 3.8) is 0 Å². The van der Waals surface area contributed by atoms with Crippen LogP contribution in [0.1, 0.15) is 50.7 Å². The molecule has 298 valence electrons. The Bertz CT molecular complexity index is 1680. The fraction of sp³-hybridized carbons (Fsp3) is 0.500. The summed E-state index contributed by atoms with van der Waals surface area (Å²) in [5.41, 5.74) is 7.76. The molecule has 4 rings (SSSR count). The van der Waals surface area contributed by atoms with Crippen molar-refractivity contribution in [1.82, 2.24) is 31.1 Å². The first kappa shape index (κ1) is 42.4. The Balaban J connectivity index is 1.43. The lowest BCUT2D eigenvalue weighted by atomic mass is 10.0. The van der Waals surface area contributed by atoms with E-state index in [1.807, 2.05) is 30.3 Å². The number of likely N-dealkylation sites (tertiary alicyclic amines) is 2. The normalized spacial score (nSPS) is 19.9. The molecule has 17 heteroatoms. The van der Waals surface area contributed by atoms with E-state index in [9.17, 15) is 48.9 Å². The third-order valence-corrected chi connectivity index (χ3v) is 9.80. The average molecular weight is 766 g/mol.